The van der Waals surface area contributed by atoms with Gasteiger partial charge in [0, 0.05) is 18.3 Å². The van der Waals surface area contributed by atoms with E-state index in [0.717, 1.165) is 11.1 Å². The Morgan fingerprint density at radius 2 is 2.05 bits per heavy atom. The van der Waals surface area contributed by atoms with E-state index >= 15 is 0 Å². The summed E-state index contributed by atoms with van der Waals surface area (Å²) < 4.78 is 1.65. The molecule has 3 rings (SSSR count). The highest BCUT2D eigenvalue weighted by Crippen LogP contribution is 2.27. The first-order chi connectivity index (χ1) is 10.8. The van der Waals surface area contributed by atoms with Crippen molar-refractivity contribution in [2.75, 3.05) is 6.54 Å². The van der Waals surface area contributed by atoms with Gasteiger partial charge in [0.05, 0.1) is 6.20 Å². The van der Waals surface area contributed by atoms with E-state index in [9.17, 15) is 4.79 Å². The molecule has 0 aliphatic carbocycles. The smallest absolute Gasteiger partial charge is 0.241 e. The van der Waals surface area contributed by atoms with Crippen molar-refractivity contribution in [1.29, 1.82) is 0 Å². The standard InChI is InChI=1S/C18H17N3O/c1-2-10-19-18(22)13-21-12-15(11-20-21)17-9-5-7-14-6-3-4-8-16(14)17/h2-9,11-12H,1,10,13H2,(H,19,22). The molecule has 0 unspecified atom stereocenters. The highest BCUT2D eigenvalue weighted by atomic mass is 16.2. The van der Waals surface area contributed by atoms with Gasteiger partial charge in [0.2, 0.25) is 5.91 Å². The van der Waals surface area contributed by atoms with Gasteiger partial charge in [0.25, 0.3) is 0 Å². The molecule has 4 nitrogen and oxygen atoms in total. The molecular formula is C18H17N3O. The predicted octanol–water partition coefficient (Wildman–Crippen LogP) is 3.01. The Kier molecular flexibility index (Phi) is 4.01. The molecule has 0 saturated carbocycles. The van der Waals surface area contributed by atoms with Gasteiger partial charge >= 0.3 is 0 Å². The number of benzene rings is 2. The summed E-state index contributed by atoms with van der Waals surface area (Å²) in [5, 5.41) is 9.39. The van der Waals surface area contributed by atoms with Gasteiger partial charge in [-0.05, 0) is 16.3 Å². The molecule has 0 aliphatic rings. The van der Waals surface area contributed by atoms with Gasteiger partial charge in [0.15, 0.2) is 0 Å². The fourth-order valence-electron chi connectivity index (χ4n) is 2.46. The Labute approximate surface area is 129 Å². The van der Waals surface area contributed by atoms with E-state index in [0.29, 0.717) is 6.54 Å². The fraction of sp³-hybridized carbons (Fsp3) is 0.111. The monoisotopic (exact) mass is 291 g/mol. The second-order valence-electron chi connectivity index (χ2n) is 5.05. The van der Waals surface area contributed by atoms with Crippen molar-refractivity contribution in [1.82, 2.24) is 15.1 Å². The van der Waals surface area contributed by atoms with Gasteiger partial charge < -0.3 is 5.32 Å². The summed E-state index contributed by atoms with van der Waals surface area (Å²) in [7, 11) is 0. The Morgan fingerprint density at radius 3 is 2.91 bits per heavy atom. The first-order valence-corrected chi connectivity index (χ1v) is 7.16. The van der Waals surface area contributed by atoms with Crippen LogP contribution >= 0.6 is 0 Å². The minimum Gasteiger partial charge on any atom is -0.351 e. The molecule has 0 aliphatic heterocycles. The number of rotatable bonds is 5. The van der Waals surface area contributed by atoms with Crippen LogP contribution in [0.2, 0.25) is 0 Å². The topological polar surface area (TPSA) is 46.9 Å². The normalized spacial score (nSPS) is 10.5. The molecule has 1 heterocycles. The number of hydrogen-bond acceptors (Lipinski definition) is 2. The van der Waals surface area contributed by atoms with Gasteiger partial charge in [-0.15, -0.1) is 6.58 Å². The summed E-state index contributed by atoms with van der Waals surface area (Å²) >= 11 is 0. The van der Waals surface area contributed by atoms with E-state index in [-0.39, 0.29) is 12.5 Å². The summed E-state index contributed by atoms with van der Waals surface area (Å²) in [6.45, 7) is 4.25. The van der Waals surface area contributed by atoms with Crippen molar-refractivity contribution < 1.29 is 4.79 Å². The Hall–Kier alpha value is -2.88. The van der Waals surface area contributed by atoms with Crippen molar-refractivity contribution in [2.45, 2.75) is 6.54 Å². The molecule has 0 bridgehead atoms. The average Bonchev–Trinajstić information content (AvgIpc) is 3.00. The molecule has 22 heavy (non-hydrogen) atoms. The summed E-state index contributed by atoms with van der Waals surface area (Å²) in [4.78, 5) is 11.7. The van der Waals surface area contributed by atoms with Crippen LogP contribution in [0.4, 0.5) is 0 Å². The number of amides is 1. The molecular weight excluding hydrogens is 274 g/mol. The van der Waals surface area contributed by atoms with Gasteiger partial charge in [-0.1, -0.05) is 48.5 Å². The Balaban J connectivity index is 1.86. The van der Waals surface area contributed by atoms with Crippen LogP contribution < -0.4 is 5.32 Å². The van der Waals surface area contributed by atoms with Crippen molar-refractivity contribution >= 4 is 16.7 Å². The fourth-order valence-corrected chi connectivity index (χ4v) is 2.46. The SMILES string of the molecule is C=CCNC(=O)Cn1cc(-c2cccc3ccccc23)cn1. The maximum atomic E-state index is 11.7. The lowest BCUT2D eigenvalue weighted by molar-refractivity contribution is -0.121. The molecule has 1 N–H and O–H groups in total. The zero-order valence-electron chi connectivity index (χ0n) is 12.2. The summed E-state index contributed by atoms with van der Waals surface area (Å²) in [6.07, 6.45) is 5.35. The zero-order chi connectivity index (χ0) is 15.4. The molecule has 110 valence electrons. The highest BCUT2D eigenvalue weighted by Gasteiger charge is 2.08. The van der Waals surface area contributed by atoms with Crippen LogP contribution in [-0.2, 0) is 11.3 Å². The largest absolute Gasteiger partial charge is 0.351 e. The Morgan fingerprint density at radius 1 is 1.23 bits per heavy atom. The van der Waals surface area contributed by atoms with Gasteiger partial charge in [-0.3, -0.25) is 9.48 Å². The minimum absolute atomic E-state index is 0.0764. The minimum atomic E-state index is -0.0764. The number of carbonyl (C=O) groups is 1. The van der Waals surface area contributed by atoms with E-state index in [1.807, 2.05) is 24.4 Å². The van der Waals surface area contributed by atoms with Crippen molar-refractivity contribution in [3.05, 3.63) is 67.5 Å². The molecule has 1 amide bonds. The van der Waals surface area contributed by atoms with Crippen LogP contribution in [0.25, 0.3) is 21.9 Å². The molecule has 0 radical (unpaired) electrons. The third kappa shape index (κ3) is 2.91. The van der Waals surface area contributed by atoms with E-state index < -0.39 is 0 Å². The first kappa shape index (κ1) is 14.1. The van der Waals surface area contributed by atoms with Crippen molar-refractivity contribution in [3.63, 3.8) is 0 Å². The van der Waals surface area contributed by atoms with Gasteiger partial charge in [-0.25, -0.2) is 0 Å². The number of nitrogens with one attached hydrogen (secondary N) is 1. The highest BCUT2D eigenvalue weighted by molar-refractivity contribution is 5.96. The van der Waals surface area contributed by atoms with Crippen molar-refractivity contribution in [2.24, 2.45) is 0 Å². The molecule has 0 fully saturated rings. The summed E-state index contributed by atoms with van der Waals surface area (Å²) in [6, 6.07) is 14.4. The maximum absolute atomic E-state index is 11.7. The van der Waals surface area contributed by atoms with Gasteiger partial charge in [0.1, 0.15) is 6.54 Å². The number of nitrogens with zero attached hydrogens (tertiary/aromatic N) is 2. The zero-order valence-corrected chi connectivity index (χ0v) is 12.2. The lowest BCUT2D eigenvalue weighted by Gasteiger charge is -2.04. The number of fused-ring (bicyclic) bond motifs is 1. The van der Waals surface area contributed by atoms with Crippen LogP contribution in [0, 0.1) is 0 Å². The van der Waals surface area contributed by atoms with Crippen LogP contribution in [-0.4, -0.2) is 22.2 Å². The Bertz CT molecular complexity index is 815. The van der Waals surface area contributed by atoms with E-state index in [1.54, 1.807) is 17.0 Å². The van der Waals surface area contributed by atoms with E-state index in [2.05, 4.69) is 41.3 Å². The van der Waals surface area contributed by atoms with E-state index in [4.69, 9.17) is 0 Å². The number of carbonyl (C=O) groups excluding carboxylic acids is 1. The number of hydrogen-bond donors (Lipinski definition) is 1. The molecule has 0 atom stereocenters. The van der Waals surface area contributed by atoms with Crippen LogP contribution in [0.1, 0.15) is 0 Å². The number of aromatic nitrogens is 2. The van der Waals surface area contributed by atoms with Gasteiger partial charge in [-0.2, -0.15) is 5.10 Å². The molecule has 0 saturated heterocycles. The second-order valence-corrected chi connectivity index (χ2v) is 5.05. The van der Waals surface area contributed by atoms with E-state index in [1.165, 1.54) is 10.8 Å². The molecule has 1 aromatic heterocycles. The first-order valence-electron chi connectivity index (χ1n) is 7.16. The lowest BCUT2D eigenvalue weighted by Crippen LogP contribution is -2.27. The quantitative estimate of drug-likeness (QED) is 0.735. The third-order valence-electron chi connectivity index (χ3n) is 3.48. The molecule has 0 spiro atoms. The molecule has 4 heteroatoms. The van der Waals surface area contributed by atoms with Crippen molar-refractivity contribution in [3.8, 4) is 11.1 Å². The van der Waals surface area contributed by atoms with Crippen LogP contribution in [0.15, 0.2) is 67.5 Å². The third-order valence-corrected chi connectivity index (χ3v) is 3.48. The summed E-state index contributed by atoms with van der Waals surface area (Å²) in [5.74, 6) is -0.0764. The van der Waals surface area contributed by atoms with Crippen LogP contribution in [0.3, 0.4) is 0 Å². The predicted molar refractivity (Wildman–Crippen MR) is 88.4 cm³/mol. The maximum Gasteiger partial charge on any atom is 0.241 e. The molecule has 2 aromatic carbocycles. The summed E-state index contributed by atoms with van der Waals surface area (Å²) in [5.41, 5.74) is 2.13. The lowest BCUT2D eigenvalue weighted by atomic mass is 10.0. The second kappa shape index (κ2) is 6.26. The van der Waals surface area contributed by atoms with Crippen LogP contribution in [0.5, 0.6) is 0 Å². The average molecular weight is 291 g/mol. The molecule has 3 aromatic rings.